The number of carbonyl (C=O) groups excluding carboxylic acids is 1. The predicted octanol–water partition coefficient (Wildman–Crippen LogP) is 1.89. The second-order valence-electron chi connectivity index (χ2n) is 6.52. The van der Waals surface area contributed by atoms with Crippen LogP contribution in [0.15, 0.2) is 27.8 Å². The first-order chi connectivity index (χ1) is 12.7. The first-order valence-corrected chi connectivity index (χ1v) is 9.81. The van der Waals surface area contributed by atoms with E-state index in [0.29, 0.717) is 19.5 Å². The van der Waals surface area contributed by atoms with Gasteiger partial charge in [0.05, 0.1) is 18.8 Å². The van der Waals surface area contributed by atoms with Crippen molar-refractivity contribution < 1.29 is 9.21 Å². The topological polar surface area (TPSA) is 81.9 Å². The highest BCUT2D eigenvalue weighted by molar-refractivity contribution is 5.81. The number of hydrogen-bond acceptors (Lipinski definition) is 4. The molecule has 1 aliphatic heterocycles. The van der Waals surface area contributed by atoms with Gasteiger partial charge in [0.15, 0.2) is 5.96 Å². The first-order valence-electron chi connectivity index (χ1n) is 9.81. The van der Waals surface area contributed by atoms with Gasteiger partial charge in [0.25, 0.3) is 0 Å². The lowest BCUT2D eigenvalue weighted by Gasteiger charge is -2.24. The van der Waals surface area contributed by atoms with Gasteiger partial charge in [-0.1, -0.05) is 6.92 Å². The molecule has 1 atom stereocenters. The van der Waals surface area contributed by atoms with Crippen LogP contribution in [-0.4, -0.2) is 56.0 Å². The molecule has 1 aromatic heterocycles. The lowest BCUT2D eigenvalue weighted by atomic mass is 10.2. The molecule has 7 nitrogen and oxygen atoms in total. The van der Waals surface area contributed by atoms with Crippen molar-refractivity contribution in [3.8, 4) is 0 Å². The fraction of sp³-hybridized carbons (Fsp3) is 0.684. The monoisotopic (exact) mass is 363 g/mol. The number of carbonyl (C=O) groups is 1. The van der Waals surface area contributed by atoms with Crippen LogP contribution in [0.2, 0.25) is 0 Å². The number of aliphatic imine (C=N–C) groups is 1. The van der Waals surface area contributed by atoms with E-state index in [0.717, 1.165) is 44.3 Å². The lowest BCUT2D eigenvalue weighted by molar-refractivity contribution is -0.120. The van der Waals surface area contributed by atoms with Crippen molar-refractivity contribution in [1.29, 1.82) is 0 Å². The molecule has 3 N–H and O–H groups in total. The largest absolute Gasteiger partial charge is 0.468 e. The molecule has 0 aliphatic carbocycles. The summed E-state index contributed by atoms with van der Waals surface area (Å²) in [5, 5.41) is 9.38. The predicted molar refractivity (Wildman–Crippen MR) is 104 cm³/mol. The minimum absolute atomic E-state index is 0.0701. The molecule has 0 aromatic carbocycles. The summed E-state index contributed by atoms with van der Waals surface area (Å²) in [6.07, 6.45) is 5.57. The number of guanidine groups is 1. The SMILES string of the molecule is CCCNC(=O)CCNC(=NCC(c1ccco1)N1CCCC1)NCC. The summed E-state index contributed by atoms with van der Waals surface area (Å²) >= 11 is 0. The molecule has 0 saturated carbocycles. The average Bonchev–Trinajstić information content (AvgIpc) is 3.34. The maximum Gasteiger partial charge on any atom is 0.221 e. The highest BCUT2D eigenvalue weighted by atomic mass is 16.3. The Bertz CT molecular complexity index is 538. The second kappa shape index (κ2) is 11.6. The number of furan rings is 1. The van der Waals surface area contributed by atoms with Gasteiger partial charge in [0.2, 0.25) is 5.91 Å². The fourth-order valence-electron chi connectivity index (χ4n) is 3.09. The quantitative estimate of drug-likeness (QED) is 0.437. The number of amides is 1. The van der Waals surface area contributed by atoms with Gasteiger partial charge in [-0.05, 0) is 51.4 Å². The molecule has 26 heavy (non-hydrogen) atoms. The molecule has 1 aromatic rings. The smallest absolute Gasteiger partial charge is 0.221 e. The molecule has 0 spiro atoms. The van der Waals surface area contributed by atoms with E-state index in [1.807, 2.05) is 26.0 Å². The van der Waals surface area contributed by atoms with Gasteiger partial charge >= 0.3 is 0 Å². The standard InChI is InChI=1S/C19H33N5O2/c1-3-10-21-18(25)9-11-22-19(20-4-2)23-15-16(17-8-7-14-26-17)24-12-5-6-13-24/h7-8,14,16H,3-6,9-13,15H2,1-2H3,(H,21,25)(H2,20,22,23). The summed E-state index contributed by atoms with van der Waals surface area (Å²) in [6.45, 7) is 8.96. The van der Waals surface area contributed by atoms with Gasteiger partial charge in [0.1, 0.15) is 5.76 Å². The Morgan fingerprint density at radius 1 is 1.23 bits per heavy atom. The molecule has 1 aliphatic rings. The van der Waals surface area contributed by atoms with Crippen LogP contribution in [-0.2, 0) is 4.79 Å². The summed E-state index contributed by atoms with van der Waals surface area (Å²) < 4.78 is 5.65. The molecular formula is C19H33N5O2. The van der Waals surface area contributed by atoms with Crippen LogP contribution in [0.3, 0.4) is 0 Å². The molecular weight excluding hydrogens is 330 g/mol. The van der Waals surface area contributed by atoms with Gasteiger partial charge in [-0.25, -0.2) is 0 Å². The van der Waals surface area contributed by atoms with Gasteiger partial charge in [0, 0.05) is 26.1 Å². The lowest BCUT2D eigenvalue weighted by Crippen LogP contribution is -2.40. The van der Waals surface area contributed by atoms with Crippen LogP contribution in [0.4, 0.5) is 0 Å². The summed E-state index contributed by atoms with van der Waals surface area (Å²) in [6, 6.07) is 4.12. The number of hydrogen-bond donors (Lipinski definition) is 3. The van der Waals surface area contributed by atoms with E-state index in [-0.39, 0.29) is 11.9 Å². The van der Waals surface area contributed by atoms with E-state index >= 15 is 0 Å². The minimum Gasteiger partial charge on any atom is -0.468 e. The van der Waals surface area contributed by atoms with Crippen LogP contribution in [0.25, 0.3) is 0 Å². The van der Waals surface area contributed by atoms with Crippen molar-refractivity contribution in [3.63, 3.8) is 0 Å². The van der Waals surface area contributed by atoms with Crippen LogP contribution in [0.1, 0.15) is 51.3 Å². The molecule has 1 amide bonds. The zero-order chi connectivity index (χ0) is 18.6. The van der Waals surface area contributed by atoms with Crippen LogP contribution in [0, 0.1) is 0 Å². The van der Waals surface area contributed by atoms with Crippen LogP contribution in [0.5, 0.6) is 0 Å². The summed E-state index contributed by atoms with van der Waals surface area (Å²) in [7, 11) is 0. The highest BCUT2D eigenvalue weighted by Gasteiger charge is 2.25. The third kappa shape index (κ3) is 6.71. The Hall–Kier alpha value is -2.02. The van der Waals surface area contributed by atoms with E-state index in [1.54, 1.807) is 6.26 Å². The molecule has 1 saturated heterocycles. The van der Waals surface area contributed by atoms with Crippen molar-refractivity contribution in [1.82, 2.24) is 20.9 Å². The maximum atomic E-state index is 11.7. The van der Waals surface area contributed by atoms with Crippen molar-refractivity contribution in [2.24, 2.45) is 4.99 Å². The molecule has 1 fully saturated rings. The highest BCUT2D eigenvalue weighted by Crippen LogP contribution is 2.25. The molecule has 1 unspecified atom stereocenters. The van der Waals surface area contributed by atoms with Crippen molar-refractivity contribution in [2.75, 3.05) is 39.3 Å². The summed E-state index contributed by atoms with van der Waals surface area (Å²) in [4.78, 5) is 18.9. The van der Waals surface area contributed by atoms with Crippen LogP contribution < -0.4 is 16.0 Å². The van der Waals surface area contributed by atoms with Gasteiger partial charge < -0.3 is 20.4 Å². The summed E-state index contributed by atoms with van der Waals surface area (Å²) in [5.41, 5.74) is 0. The average molecular weight is 364 g/mol. The number of rotatable bonds is 10. The van der Waals surface area contributed by atoms with E-state index < -0.39 is 0 Å². The Kier molecular flexibility index (Phi) is 9.03. The van der Waals surface area contributed by atoms with Crippen molar-refractivity contribution in [3.05, 3.63) is 24.2 Å². The number of nitrogens with one attached hydrogen (secondary N) is 3. The van der Waals surface area contributed by atoms with Gasteiger partial charge in [-0.3, -0.25) is 14.7 Å². The Labute approximate surface area is 156 Å². The second-order valence-corrected chi connectivity index (χ2v) is 6.52. The molecule has 146 valence electrons. The molecule has 7 heteroatoms. The van der Waals surface area contributed by atoms with Crippen molar-refractivity contribution in [2.45, 2.75) is 45.6 Å². The maximum absolute atomic E-state index is 11.7. The van der Waals surface area contributed by atoms with E-state index in [9.17, 15) is 4.79 Å². The summed E-state index contributed by atoms with van der Waals surface area (Å²) in [5.74, 6) is 1.78. The molecule has 0 radical (unpaired) electrons. The van der Waals surface area contributed by atoms with Crippen molar-refractivity contribution >= 4 is 11.9 Å². The number of likely N-dealkylation sites (tertiary alicyclic amines) is 1. The Morgan fingerprint density at radius 3 is 2.69 bits per heavy atom. The van der Waals surface area contributed by atoms with Gasteiger partial charge in [-0.2, -0.15) is 0 Å². The van der Waals surface area contributed by atoms with E-state index in [4.69, 9.17) is 9.41 Å². The van der Waals surface area contributed by atoms with Crippen LogP contribution >= 0.6 is 0 Å². The Morgan fingerprint density at radius 2 is 2.04 bits per heavy atom. The zero-order valence-electron chi connectivity index (χ0n) is 16.1. The van der Waals surface area contributed by atoms with Gasteiger partial charge in [-0.15, -0.1) is 0 Å². The van der Waals surface area contributed by atoms with E-state index in [1.165, 1.54) is 12.8 Å². The fourth-order valence-corrected chi connectivity index (χ4v) is 3.09. The Balaban J connectivity index is 1.89. The molecule has 0 bridgehead atoms. The number of nitrogens with zero attached hydrogens (tertiary/aromatic N) is 2. The zero-order valence-corrected chi connectivity index (χ0v) is 16.1. The molecule has 2 rings (SSSR count). The third-order valence-corrected chi connectivity index (χ3v) is 4.44. The molecule has 2 heterocycles. The minimum atomic E-state index is 0.0701. The third-order valence-electron chi connectivity index (χ3n) is 4.44. The van der Waals surface area contributed by atoms with E-state index in [2.05, 4.69) is 20.9 Å². The normalized spacial score (nSPS) is 16.5. The first kappa shape index (κ1) is 20.3.